The van der Waals surface area contributed by atoms with E-state index in [0.717, 1.165) is 56.5 Å². The number of sulfonamides is 1. The minimum Gasteiger partial charge on any atom is -0.492 e. The summed E-state index contributed by atoms with van der Waals surface area (Å²) in [6, 6.07) is 11.5. The van der Waals surface area contributed by atoms with E-state index in [2.05, 4.69) is 9.62 Å². The second-order valence-electron chi connectivity index (χ2n) is 8.14. The second-order valence-corrected chi connectivity index (χ2v) is 9.89. The van der Waals surface area contributed by atoms with Crippen molar-refractivity contribution < 1.29 is 22.8 Å². The molecule has 0 aliphatic carbocycles. The van der Waals surface area contributed by atoms with Crippen LogP contribution >= 0.6 is 0 Å². The third-order valence-corrected chi connectivity index (χ3v) is 6.15. The predicted octanol–water partition coefficient (Wildman–Crippen LogP) is 2.81. The quantitative estimate of drug-likeness (QED) is 0.513. The summed E-state index contributed by atoms with van der Waals surface area (Å²) in [4.78, 5) is 12.6. The fourth-order valence-electron chi connectivity index (χ4n) is 4.28. The van der Waals surface area contributed by atoms with Gasteiger partial charge in [0.2, 0.25) is 10.0 Å². The van der Waals surface area contributed by atoms with E-state index in [0.29, 0.717) is 18.0 Å². The summed E-state index contributed by atoms with van der Waals surface area (Å²) < 4.78 is 37.6. The number of nitrogens with zero attached hydrogens (tertiary/aromatic N) is 2. The summed E-state index contributed by atoms with van der Waals surface area (Å²) in [7, 11) is -3.32. The fourth-order valence-corrected chi connectivity index (χ4v) is 4.83. The van der Waals surface area contributed by atoms with E-state index >= 15 is 0 Å². The number of likely N-dealkylation sites (tertiary alicyclic amines) is 1. The first kappa shape index (κ1) is 21.4. The highest BCUT2D eigenvalue weighted by atomic mass is 32.2. The maximum Gasteiger partial charge on any atom is 0.269 e. The summed E-state index contributed by atoms with van der Waals surface area (Å²) in [5.41, 5.74) is 1.29. The van der Waals surface area contributed by atoms with Crippen LogP contribution in [0.15, 0.2) is 42.5 Å². The highest BCUT2D eigenvalue weighted by molar-refractivity contribution is 7.92. The van der Waals surface area contributed by atoms with Gasteiger partial charge in [0.05, 0.1) is 11.2 Å². The summed E-state index contributed by atoms with van der Waals surface area (Å²) in [5, 5.41) is 10.7. The number of ether oxygens (including phenoxy) is 2. The summed E-state index contributed by atoms with van der Waals surface area (Å²) >= 11 is 0. The average molecular weight is 448 g/mol. The number of nitro groups is 1. The Morgan fingerprint density at radius 3 is 2.74 bits per heavy atom. The monoisotopic (exact) mass is 447 g/mol. The van der Waals surface area contributed by atoms with E-state index in [9.17, 15) is 18.5 Å². The van der Waals surface area contributed by atoms with Crippen molar-refractivity contribution in [3.63, 3.8) is 0 Å². The average Bonchev–Trinajstić information content (AvgIpc) is 3.03. The van der Waals surface area contributed by atoms with E-state index in [1.165, 1.54) is 12.1 Å². The molecule has 1 saturated heterocycles. The van der Waals surface area contributed by atoms with Gasteiger partial charge in [0.1, 0.15) is 23.7 Å². The van der Waals surface area contributed by atoms with Gasteiger partial charge in [-0.15, -0.1) is 0 Å². The number of nitro benzene ring substituents is 1. The molecule has 1 atom stereocenters. The van der Waals surface area contributed by atoms with Crippen molar-refractivity contribution in [1.82, 2.24) is 4.90 Å². The van der Waals surface area contributed by atoms with Crippen molar-refractivity contribution in [3.05, 3.63) is 58.1 Å². The molecule has 0 amide bonds. The first-order valence-electron chi connectivity index (χ1n) is 10.1. The lowest BCUT2D eigenvalue weighted by Crippen LogP contribution is -2.52. The number of nitrogens with one attached hydrogen (secondary N) is 1. The molecule has 1 fully saturated rings. The summed E-state index contributed by atoms with van der Waals surface area (Å²) in [6.45, 7) is 2.91. The number of piperidine rings is 1. The Balaban J connectivity index is 1.33. The molecule has 31 heavy (non-hydrogen) atoms. The number of benzene rings is 2. The standard InChI is InChI=1S/C21H25N3O6S/c1-31(27,28)22-17-3-8-20-16(13-17)14-21(30-20)9-2-10-23(15-21)11-12-29-19-6-4-18(5-7-19)24(25)26/h3-8,13,22H,2,9-12,14-15H2,1H3. The molecule has 0 aromatic heterocycles. The Kier molecular flexibility index (Phi) is 5.76. The van der Waals surface area contributed by atoms with Crippen LogP contribution in [0.1, 0.15) is 18.4 Å². The van der Waals surface area contributed by atoms with E-state index in [4.69, 9.17) is 9.47 Å². The zero-order valence-electron chi connectivity index (χ0n) is 17.2. The number of rotatable bonds is 7. The lowest BCUT2D eigenvalue weighted by Gasteiger charge is -2.39. The molecule has 10 heteroatoms. The molecule has 2 heterocycles. The minimum absolute atomic E-state index is 0.0400. The highest BCUT2D eigenvalue weighted by Crippen LogP contribution is 2.41. The number of hydrogen-bond acceptors (Lipinski definition) is 7. The van der Waals surface area contributed by atoms with Gasteiger partial charge in [0.15, 0.2) is 0 Å². The Hall–Kier alpha value is -2.85. The van der Waals surface area contributed by atoms with Gasteiger partial charge in [-0.3, -0.25) is 19.7 Å². The molecular weight excluding hydrogens is 422 g/mol. The second kappa shape index (κ2) is 8.35. The van der Waals surface area contributed by atoms with Crippen LogP contribution in [0.3, 0.4) is 0 Å². The van der Waals surface area contributed by atoms with Gasteiger partial charge in [-0.25, -0.2) is 8.42 Å². The Bertz CT molecular complexity index is 1070. The summed E-state index contributed by atoms with van der Waals surface area (Å²) in [6.07, 6.45) is 3.81. The first-order valence-corrected chi connectivity index (χ1v) is 12.0. The van der Waals surface area contributed by atoms with Gasteiger partial charge < -0.3 is 9.47 Å². The highest BCUT2D eigenvalue weighted by Gasteiger charge is 2.42. The van der Waals surface area contributed by atoms with Crippen molar-refractivity contribution in [2.24, 2.45) is 0 Å². The molecule has 0 radical (unpaired) electrons. The van der Waals surface area contributed by atoms with Crippen molar-refractivity contribution in [2.45, 2.75) is 24.9 Å². The van der Waals surface area contributed by atoms with Crippen LogP contribution in [0, 0.1) is 10.1 Å². The molecule has 2 aliphatic rings. The molecule has 9 nitrogen and oxygen atoms in total. The maximum atomic E-state index is 11.5. The van der Waals surface area contributed by atoms with Crippen LogP contribution in [0.5, 0.6) is 11.5 Å². The van der Waals surface area contributed by atoms with E-state index < -0.39 is 14.9 Å². The van der Waals surface area contributed by atoms with Gasteiger partial charge in [0.25, 0.3) is 5.69 Å². The lowest BCUT2D eigenvalue weighted by molar-refractivity contribution is -0.384. The van der Waals surface area contributed by atoms with E-state index in [1.807, 2.05) is 12.1 Å². The van der Waals surface area contributed by atoms with Crippen LogP contribution in [0.4, 0.5) is 11.4 Å². The van der Waals surface area contributed by atoms with Crippen molar-refractivity contribution in [1.29, 1.82) is 0 Å². The SMILES string of the molecule is CS(=O)(=O)Nc1ccc2c(c1)CC1(CCCN(CCOc3ccc([N+](=O)[O-])cc3)C1)O2. The Morgan fingerprint density at radius 2 is 2.03 bits per heavy atom. The number of hydrogen-bond donors (Lipinski definition) is 1. The van der Waals surface area contributed by atoms with Gasteiger partial charge in [-0.1, -0.05) is 0 Å². The van der Waals surface area contributed by atoms with Crippen LogP contribution in [0.25, 0.3) is 0 Å². The van der Waals surface area contributed by atoms with E-state index in [-0.39, 0.29) is 11.3 Å². The van der Waals surface area contributed by atoms with Crippen LogP contribution in [-0.4, -0.2) is 56.3 Å². The number of fused-ring (bicyclic) bond motifs is 1. The number of anilines is 1. The maximum absolute atomic E-state index is 11.5. The van der Waals surface area contributed by atoms with Gasteiger partial charge in [-0.2, -0.15) is 0 Å². The van der Waals surface area contributed by atoms with Crippen molar-refractivity contribution in [3.8, 4) is 11.5 Å². The molecule has 0 bridgehead atoms. The molecule has 2 aromatic carbocycles. The molecule has 2 aromatic rings. The van der Waals surface area contributed by atoms with Crippen molar-refractivity contribution >= 4 is 21.4 Å². The topological polar surface area (TPSA) is 111 Å². The van der Waals surface area contributed by atoms with Gasteiger partial charge in [0, 0.05) is 42.9 Å². The minimum atomic E-state index is -3.32. The molecule has 0 saturated carbocycles. The third kappa shape index (κ3) is 5.26. The Morgan fingerprint density at radius 1 is 1.26 bits per heavy atom. The van der Waals surface area contributed by atoms with Crippen molar-refractivity contribution in [2.75, 3.05) is 37.2 Å². The normalized spacial score (nSPS) is 20.8. The third-order valence-electron chi connectivity index (χ3n) is 5.55. The molecule has 4 rings (SSSR count). The van der Waals surface area contributed by atoms with Crippen LogP contribution in [0.2, 0.25) is 0 Å². The summed E-state index contributed by atoms with van der Waals surface area (Å²) in [5.74, 6) is 1.41. The molecule has 1 unspecified atom stereocenters. The molecule has 2 aliphatic heterocycles. The number of non-ortho nitro benzene ring substituents is 1. The smallest absolute Gasteiger partial charge is 0.269 e. The zero-order valence-corrected chi connectivity index (χ0v) is 18.1. The fraction of sp³-hybridized carbons (Fsp3) is 0.429. The van der Waals surface area contributed by atoms with Gasteiger partial charge in [-0.05, 0) is 49.7 Å². The lowest BCUT2D eigenvalue weighted by atomic mass is 9.88. The molecular formula is C21H25N3O6S. The molecule has 166 valence electrons. The molecule has 1 N–H and O–H groups in total. The molecule has 1 spiro atoms. The van der Waals surface area contributed by atoms with Crippen LogP contribution < -0.4 is 14.2 Å². The largest absolute Gasteiger partial charge is 0.492 e. The first-order chi connectivity index (χ1) is 14.7. The zero-order chi connectivity index (χ0) is 22.1. The predicted molar refractivity (Wildman–Crippen MR) is 116 cm³/mol. The van der Waals surface area contributed by atoms with E-state index in [1.54, 1.807) is 18.2 Å². The van der Waals surface area contributed by atoms with Crippen LogP contribution in [-0.2, 0) is 16.4 Å². The van der Waals surface area contributed by atoms with Gasteiger partial charge >= 0.3 is 0 Å². The Labute approximate surface area is 181 Å².